The van der Waals surface area contributed by atoms with Crippen LogP contribution in [-0.2, 0) is 18.6 Å². The summed E-state index contributed by atoms with van der Waals surface area (Å²) in [5, 5.41) is 0. The van der Waals surface area contributed by atoms with E-state index in [9.17, 15) is 14.3 Å². The number of carbonyl (C=O) groups is 1. The summed E-state index contributed by atoms with van der Waals surface area (Å²) in [7, 11) is 1.19. The van der Waals surface area contributed by atoms with E-state index in [2.05, 4.69) is 6.58 Å². The van der Waals surface area contributed by atoms with E-state index in [1.165, 1.54) is 0 Å². The van der Waals surface area contributed by atoms with Crippen LogP contribution in [0.4, 0.5) is 0 Å². The quantitative estimate of drug-likeness (QED) is 0.139. The Kier molecular flexibility index (Phi) is 13.1. The van der Waals surface area contributed by atoms with Crippen LogP contribution in [0.1, 0.15) is 64.7 Å². The summed E-state index contributed by atoms with van der Waals surface area (Å²) in [6, 6.07) is 0. The molecule has 0 rings (SSSR count). The zero-order valence-electron chi connectivity index (χ0n) is 17.4. The van der Waals surface area contributed by atoms with E-state index in [1.54, 1.807) is 6.92 Å². The van der Waals surface area contributed by atoms with Gasteiger partial charge in [-0.1, -0.05) is 51.5 Å². The first-order chi connectivity index (χ1) is 12.4. The lowest BCUT2D eigenvalue weighted by molar-refractivity contribution is -0.873. The number of likely N-dealkylation sites (N-methyl/N-ethyl adjacent to an activating group) is 1. The van der Waals surface area contributed by atoms with Gasteiger partial charge in [-0.3, -0.25) is 4.57 Å². The lowest BCUT2D eigenvalue weighted by Crippen LogP contribution is -2.42. The molecular weight excluding hydrogens is 369 g/mol. The van der Waals surface area contributed by atoms with Crippen LogP contribution in [0.3, 0.4) is 0 Å². The highest BCUT2D eigenvalue weighted by Gasteiger charge is 2.22. The summed E-state index contributed by atoms with van der Waals surface area (Å²) in [5.41, 5.74) is 0.432. The number of esters is 1. The van der Waals surface area contributed by atoms with E-state index in [-0.39, 0.29) is 5.97 Å². The molecule has 0 aromatic rings. The van der Waals surface area contributed by atoms with Crippen molar-refractivity contribution in [3.63, 3.8) is 0 Å². The third-order valence-corrected chi connectivity index (χ3v) is 4.60. The molecule has 0 aliphatic rings. The van der Waals surface area contributed by atoms with Gasteiger partial charge in [-0.05, 0) is 19.8 Å². The molecular formula is C19H38NO6P. The topological polar surface area (TPSA) is 95.9 Å². The normalized spacial score (nSPS) is 15.2. The van der Waals surface area contributed by atoms with Crippen molar-refractivity contribution < 1.29 is 32.9 Å². The minimum atomic E-state index is -4.70. The van der Waals surface area contributed by atoms with Gasteiger partial charge in [-0.15, -0.1) is 0 Å². The van der Waals surface area contributed by atoms with E-state index >= 15 is 0 Å². The molecule has 0 aromatic carbocycles. The fourth-order valence-electron chi connectivity index (χ4n) is 2.80. The highest BCUT2D eigenvalue weighted by atomic mass is 31.2. The first-order valence-electron chi connectivity index (χ1n) is 9.76. The van der Waals surface area contributed by atoms with Crippen LogP contribution in [0.5, 0.6) is 0 Å². The van der Waals surface area contributed by atoms with Crippen LogP contribution in [0.15, 0.2) is 12.2 Å². The largest absolute Gasteiger partial charge is 0.756 e. The standard InChI is InChI=1S/C19H38NO6P/c1-17(2)19(21)25-15-13-11-9-7-6-8-10-12-14-18(16-20(3,4)5)26-27(22,23)24/h18H,1,6-16H2,2-5H3,(H-,22,23,24). The molecule has 2 atom stereocenters. The summed E-state index contributed by atoms with van der Waals surface area (Å²) in [4.78, 5) is 31.1. The van der Waals surface area contributed by atoms with Gasteiger partial charge in [-0.25, -0.2) is 4.79 Å². The Morgan fingerprint density at radius 2 is 1.56 bits per heavy atom. The lowest BCUT2D eigenvalue weighted by atomic mass is 10.1. The molecule has 0 heterocycles. The van der Waals surface area contributed by atoms with Gasteiger partial charge in [0, 0.05) is 5.57 Å². The average molecular weight is 407 g/mol. The van der Waals surface area contributed by atoms with E-state index < -0.39 is 13.9 Å². The van der Waals surface area contributed by atoms with E-state index in [1.807, 2.05) is 21.1 Å². The first kappa shape index (κ1) is 26.3. The van der Waals surface area contributed by atoms with Gasteiger partial charge >= 0.3 is 5.97 Å². The Morgan fingerprint density at radius 1 is 1.07 bits per heavy atom. The molecule has 0 amide bonds. The summed E-state index contributed by atoms with van der Waals surface area (Å²) in [6.07, 6.45) is 8.42. The zero-order valence-corrected chi connectivity index (χ0v) is 18.3. The summed E-state index contributed by atoms with van der Waals surface area (Å²) in [6.45, 7) is 6.16. The number of unbranched alkanes of at least 4 members (excludes halogenated alkanes) is 7. The Morgan fingerprint density at radius 3 is 2.00 bits per heavy atom. The molecule has 8 heteroatoms. The number of quaternary nitrogens is 1. The number of rotatable bonds is 16. The van der Waals surface area contributed by atoms with Crippen molar-refractivity contribution in [2.24, 2.45) is 0 Å². The van der Waals surface area contributed by atoms with Gasteiger partial charge in [0.05, 0.1) is 27.7 Å². The molecule has 7 nitrogen and oxygen atoms in total. The Labute approximate surface area is 164 Å². The average Bonchev–Trinajstić information content (AvgIpc) is 2.48. The lowest BCUT2D eigenvalue weighted by Gasteiger charge is -2.31. The molecule has 1 N–H and O–H groups in total. The second kappa shape index (κ2) is 13.5. The van der Waals surface area contributed by atoms with Crippen molar-refractivity contribution in [2.75, 3.05) is 34.3 Å². The molecule has 160 valence electrons. The van der Waals surface area contributed by atoms with Crippen LogP contribution >= 0.6 is 7.82 Å². The number of ether oxygens (including phenoxy) is 1. The van der Waals surface area contributed by atoms with Crippen LogP contribution in [-0.4, -0.2) is 55.7 Å². The Hall–Kier alpha value is -0.720. The van der Waals surface area contributed by atoms with Crippen molar-refractivity contribution >= 4 is 13.8 Å². The van der Waals surface area contributed by atoms with Crippen molar-refractivity contribution in [1.29, 1.82) is 0 Å². The van der Waals surface area contributed by atoms with Gasteiger partial charge < -0.3 is 23.5 Å². The number of phosphoric acid groups is 1. The smallest absolute Gasteiger partial charge is 0.333 e. The van der Waals surface area contributed by atoms with Crippen LogP contribution in [0.25, 0.3) is 0 Å². The minimum Gasteiger partial charge on any atom is -0.756 e. The minimum absolute atomic E-state index is 0.322. The third kappa shape index (κ3) is 18.4. The maximum Gasteiger partial charge on any atom is 0.333 e. The summed E-state index contributed by atoms with van der Waals surface area (Å²) >= 11 is 0. The van der Waals surface area contributed by atoms with Crippen LogP contribution in [0, 0.1) is 0 Å². The van der Waals surface area contributed by atoms with Gasteiger partial charge in [0.2, 0.25) is 0 Å². The molecule has 0 fully saturated rings. The predicted octanol–water partition coefficient (Wildman–Crippen LogP) is 3.17. The maximum atomic E-state index is 11.2. The predicted molar refractivity (Wildman–Crippen MR) is 105 cm³/mol. The fraction of sp³-hybridized carbons (Fsp3) is 0.842. The van der Waals surface area contributed by atoms with E-state index in [0.29, 0.717) is 29.6 Å². The molecule has 0 bridgehead atoms. The molecule has 0 saturated carbocycles. The van der Waals surface area contributed by atoms with E-state index in [0.717, 1.165) is 51.4 Å². The Bertz CT molecular complexity index is 483. The number of phosphoric ester groups is 1. The monoisotopic (exact) mass is 407 g/mol. The fourth-order valence-corrected chi connectivity index (χ4v) is 3.35. The molecule has 0 aromatic heterocycles. The summed E-state index contributed by atoms with van der Waals surface area (Å²) in [5.74, 6) is -0.322. The molecule has 0 spiro atoms. The Balaban J connectivity index is 3.71. The molecule has 0 radical (unpaired) electrons. The second-order valence-corrected chi connectivity index (χ2v) is 9.35. The van der Waals surface area contributed by atoms with Crippen molar-refractivity contribution in [3.05, 3.63) is 12.2 Å². The maximum absolute atomic E-state index is 11.2. The number of nitrogens with zero attached hydrogens (tertiary/aromatic N) is 1. The highest BCUT2D eigenvalue weighted by Crippen LogP contribution is 2.34. The van der Waals surface area contributed by atoms with Crippen LogP contribution < -0.4 is 4.89 Å². The van der Waals surface area contributed by atoms with E-state index in [4.69, 9.17) is 14.2 Å². The van der Waals surface area contributed by atoms with Gasteiger partial charge in [0.1, 0.15) is 12.6 Å². The third-order valence-electron chi connectivity index (χ3n) is 4.04. The van der Waals surface area contributed by atoms with Crippen molar-refractivity contribution in [1.82, 2.24) is 0 Å². The summed E-state index contributed by atoms with van der Waals surface area (Å²) < 4.78 is 21.4. The van der Waals surface area contributed by atoms with Gasteiger partial charge in [-0.2, -0.15) is 0 Å². The van der Waals surface area contributed by atoms with Crippen molar-refractivity contribution in [3.8, 4) is 0 Å². The molecule has 2 unspecified atom stereocenters. The van der Waals surface area contributed by atoms with Crippen LogP contribution in [0.2, 0.25) is 0 Å². The number of hydrogen-bond donors (Lipinski definition) is 1. The molecule has 0 saturated heterocycles. The SMILES string of the molecule is C=C(C)C(=O)OCCCCCCCCCCC(C[N+](C)(C)C)OP(=O)([O-])O. The molecule has 0 aliphatic carbocycles. The number of hydrogen-bond acceptors (Lipinski definition) is 5. The zero-order chi connectivity index (χ0) is 20.9. The molecule has 0 aliphatic heterocycles. The highest BCUT2D eigenvalue weighted by molar-refractivity contribution is 7.44. The van der Waals surface area contributed by atoms with Gasteiger partial charge in [0.25, 0.3) is 7.82 Å². The number of carbonyl (C=O) groups excluding carboxylic acids is 1. The molecule has 27 heavy (non-hydrogen) atoms. The van der Waals surface area contributed by atoms with Crippen molar-refractivity contribution in [2.45, 2.75) is 70.8 Å². The van der Waals surface area contributed by atoms with Gasteiger partial charge in [0.15, 0.2) is 0 Å². The first-order valence-corrected chi connectivity index (χ1v) is 11.3. The second-order valence-electron chi connectivity index (χ2n) is 8.20.